The zero-order chi connectivity index (χ0) is 18.5. The van der Waals surface area contributed by atoms with E-state index in [2.05, 4.69) is 28.0 Å². The van der Waals surface area contributed by atoms with Crippen molar-refractivity contribution in [1.29, 1.82) is 0 Å². The number of hydrazone groups is 1. The lowest BCUT2D eigenvalue weighted by molar-refractivity contribution is 0.0659. The molecule has 0 unspecified atom stereocenters. The average molecular weight is 371 g/mol. The molecule has 1 aliphatic carbocycles. The van der Waals surface area contributed by atoms with Gasteiger partial charge in [-0.2, -0.15) is 5.10 Å². The van der Waals surface area contributed by atoms with Crippen LogP contribution in [-0.4, -0.2) is 28.4 Å². The molecule has 0 fully saturated rings. The van der Waals surface area contributed by atoms with Crippen LogP contribution in [0.4, 0.5) is 0 Å². The summed E-state index contributed by atoms with van der Waals surface area (Å²) in [5.74, 6) is -0.370. The number of fused-ring (bicyclic) bond motifs is 1. The number of furan rings is 1. The van der Waals surface area contributed by atoms with E-state index in [1.165, 1.54) is 5.56 Å². The summed E-state index contributed by atoms with van der Waals surface area (Å²) in [6.07, 6.45) is 3.22. The second kappa shape index (κ2) is 8.14. The minimum Gasteiger partial charge on any atom is -0.475 e. The van der Waals surface area contributed by atoms with E-state index in [1.54, 1.807) is 6.92 Å². The van der Waals surface area contributed by atoms with Crippen molar-refractivity contribution in [3.05, 3.63) is 58.5 Å². The normalized spacial score (nSPS) is 14.7. The number of nitrogens with zero attached hydrogens (tertiary/aromatic N) is 1. The van der Waals surface area contributed by atoms with Gasteiger partial charge >= 0.3 is 5.97 Å². The maximum Gasteiger partial charge on any atom is 0.372 e. The van der Waals surface area contributed by atoms with Crippen LogP contribution in [0.2, 0.25) is 0 Å². The predicted molar refractivity (Wildman–Crippen MR) is 104 cm³/mol. The Morgan fingerprint density at radius 3 is 2.81 bits per heavy atom. The smallest absolute Gasteiger partial charge is 0.372 e. The van der Waals surface area contributed by atoms with E-state index >= 15 is 0 Å². The Kier molecular flexibility index (Phi) is 5.68. The minimum atomic E-state index is -1.05. The maximum absolute atomic E-state index is 11.3. The molecule has 3 N–H and O–H groups in total. The van der Waals surface area contributed by atoms with Gasteiger partial charge in [0.05, 0.1) is 5.71 Å². The molecule has 26 heavy (non-hydrogen) atoms. The summed E-state index contributed by atoms with van der Waals surface area (Å²) >= 11 is 5.27. The molecule has 1 aliphatic rings. The zero-order valence-electron chi connectivity index (χ0n) is 14.5. The van der Waals surface area contributed by atoms with Crippen molar-refractivity contribution in [2.45, 2.75) is 32.6 Å². The molecule has 136 valence electrons. The number of aromatic carboxylic acids is 1. The van der Waals surface area contributed by atoms with Crippen molar-refractivity contribution >= 4 is 29.0 Å². The third-order valence-electron chi connectivity index (χ3n) is 4.35. The zero-order valence-corrected chi connectivity index (χ0v) is 15.4. The number of carboxylic acids is 1. The molecule has 1 heterocycles. The lowest BCUT2D eigenvalue weighted by Crippen LogP contribution is -2.34. The SMILES string of the molecule is Cc1c(C(=O)O)oc2c1/C(=N\NC(=S)NCCc1ccccc1)CCC2. The van der Waals surface area contributed by atoms with Crippen molar-refractivity contribution in [3.63, 3.8) is 0 Å². The van der Waals surface area contributed by atoms with E-state index in [-0.39, 0.29) is 5.76 Å². The summed E-state index contributed by atoms with van der Waals surface area (Å²) in [7, 11) is 0. The minimum absolute atomic E-state index is 0.00633. The summed E-state index contributed by atoms with van der Waals surface area (Å²) < 4.78 is 5.49. The third-order valence-corrected chi connectivity index (χ3v) is 4.59. The monoisotopic (exact) mass is 371 g/mol. The van der Waals surface area contributed by atoms with Gasteiger partial charge in [0.25, 0.3) is 0 Å². The van der Waals surface area contributed by atoms with Crippen LogP contribution < -0.4 is 10.7 Å². The molecule has 0 amide bonds. The molecule has 0 atom stereocenters. The van der Waals surface area contributed by atoms with Gasteiger partial charge in [0.2, 0.25) is 5.76 Å². The number of rotatable bonds is 5. The van der Waals surface area contributed by atoms with Gasteiger partial charge in [0.1, 0.15) is 5.76 Å². The largest absolute Gasteiger partial charge is 0.475 e. The average Bonchev–Trinajstić information content (AvgIpc) is 2.99. The fraction of sp³-hybridized carbons (Fsp3) is 0.316. The van der Waals surface area contributed by atoms with Crippen molar-refractivity contribution in [2.24, 2.45) is 5.10 Å². The van der Waals surface area contributed by atoms with E-state index in [0.29, 0.717) is 23.0 Å². The molecule has 0 saturated carbocycles. The Hall–Kier alpha value is -2.67. The number of thiocarbonyl (C=S) groups is 1. The van der Waals surface area contributed by atoms with Crippen LogP contribution in [-0.2, 0) is 12.8 Å². The standard InChI is InChI=1S/C19H21N3O3S/c1-12-16-14(8-5-9-15(16)25-17(12)18(23)24)21-22-19(26)20-11-10-13-6-3-2-4-7-13/h2-4,6-7H,5,8-11H2,1H3,(H,23,24)(H2,20,22,26)/b21-14-. The molecule has 0 aliphatic heterocycles. The summed E-state index contributed by atoms with van der Waals surface area (Å²) in [6, 6.07) is 10.2. The number of nitrogens with one attached hydrogen (secondary N) is 2. The number of carboxylic acid groups (broad SMARTS) is 1. The van der Waals surface area contributed by atoms with Crippen molar-refractivity contribution in [1.82, 2.24) is 10.7 Å². The lowest BCUT2D eigenvalue weighted by Gasteiger charge is -2.14. The highest BCUT2D eigenvalue weighted by Crippen LogP contribution is 2.29. The summed E-state index contributed by atoms with van der Waals surface area (Å²) in [5.41, 5.74) is 6.31. The quantitative estimate of drug-likeness (QED) is 0.553. The van der Waals surface area contributed by atoms with E-state index < -0.39 is 5.97 Å². The van der Waals surface area contributed by atoms with Gasteiger partial charge in [-0.1, -0.05) is 30.3 Å². The molecular formula is C19H21N3O3S. The van der Waals surface area contributed by atoms with Crippen LogP contribution in [0, 0.1) is 6.92 Å². The molecule has 2 aromatic rings. The van der Waals surface area contributed by atoms with Gasteiger partial charge in [0.15, 0.2) is 5.11 Å². The summed E-state index contributed by atoms with van der Waals surface area (Å²) in [6.45, 7) is 2.46. The van der Waals surface area contributed by atoms with Gasteiger partial charge in [-0.3, -0.25) is 5.43 Å². The van der Waals surface area contributed by atoms with E-state index in [9.17, 15) is 9.90 Å². The molecule has 6 nitrogen and oxygen atoms in total. The lowest BCUT2D eigenvalue weighted by atomic mass is 9.93. The third kappa shape index (κ3) is 4.11. The molecule has 0 bridgehead atoms. The molecule has 0 radical (unpaired) electrons. The second-order valence-corrected chi connectivity index (χ2v) is 6.58. The first kappa shape index (κ1) is 18.1. The Bertz CT molecular complexity index is 843. The highest BCUT2D eigenvalue weighted by molar-refractivity contribution is 7.80. The Morgan fingerprint density at radius 2 is 2.08 bits per heavy atom. The molecule has 3 rings (SSSR count). The molecule has 0 spiro atoms. The number of hydrogen-bond acceptors (Lipinski definition) is 4. The first-order valence-corrected chi connectivity index (χ1v) is 8.97. The summed E-state index contributed by atoms with van der Waals surface area (Å²) in [5, 5.41) is 17.2. The van der Waals surface area contributed by atoms with Crippen LogP contribution in [0.1, 0.15) is 45.8 Å². The van der Waals surface area contributed by atoms with Gasteiger partial charge < -0.3 is 14.8 Å². The van der Waals surface area contributed by atoms with Crippen molar-refractivity contribution in [2.75, 3.05) is 6.54 Å². The van der Waals surface area contributed by atoms with Crippen LogP contribution >= 0.6 is 12.2 Å². The molecule has 0 saturated heterocycles. The molecule has 1 aromatic heterocycles. The van der Waals surface area contributed by atoms with Gasteiger partial charge in [0, 0.05) is 24.1 Å². The summed E-state index contributed by atoms with van der Waals surface area (Å²) in [4.78, 5) is 11.3. The fourth-order valence-electron chi connectivity index (χ4n) is 3.11. The second-order valence-electron chi connectivity index (χ2n) is 6.17. The highest BCUT2D eigenvalue weighted by atomic mass is 32.1. The Morgan fingerprint density at radius 1 is 1.31 bits per heavy atom. The fourth-order valence-corrected chi connectivity index (χ4v) is 3.25. The topological polar surface area (TPSA) is 86.9 Å². The van der Waals surface area contributed by atoms with Gasteiger partial charge in [-0.25, -0.2) is 4.79 Å². The number of benzene rings is 1. The molecule has 7 heteroatoms. The van der Waals surface area contributed by atoms with Crippen molar-refractivity contribution in [3.8, 4) is 0 Å². The molecular weight excluding hydrogens is 350 g/mol. The van der Waals surface area contributed by atoms with Crippen LogP contribution in [0.3, 0.4) is 0 Å². The number of aryl methyl sites for hydroxylation is 1. The molecule has 1 aromatic carbocycles. The maximum atomic E-state index is 11.3. The van der Waals surface area contributed by atoms with Crippen LogP contribution in [0.5, 0.6) is 0 Å². The number of hydrogen-bond donors (Lipinski definition) is 3. The Labute approximate surface area is 157 Å². The van der Waals surface area contributed by atoms with Crippen LogP contribution in [0.25, 0.3) is 0 Å². The van der Waals surface area contributed by atoms with Crippen LogP contribution in [0.15, 0.2) is 39.9 Å². The van der Waals surface area contributed by atoms with E-state index in [4.69, 9.17) is 16.6 Å². The predicted octanol–water partition coefficient (Wildman–Crippen LogP) is 3.03. The van der Waals surface area contributed by atoms with E-state index in [0.717, 1.165) is 37.0 Å². The highest BCUT2D eigenvalue weighted by Gasteiger charge is 2.27. The first-order valence-electron chi connectivity index (χ1n) is 8.56. The Balaban J connectivity index is 1.61. The van der Waals surface area contributed by atoms with E-state index in [1.807, 2.05) is 18.2 Å². The number of carbonyl (C=O) groups is 1. The first-order chi connectivity index (χ1) is 12.6. The van der Waals surface area contributed by atoms with Gasteiger partial charge in [-0.05, 0) is 44.0 Å². The van der Waals surface area contributed by atoms with Crippen molar-refractivity contribution < 1.29 is 14.3 Å². The van der Waals surface area contributed by atoms with Gasteiger partial charge in [-0.15, -0.1) is 0 Å².